The Morgan fingerprint density at radius 1 is 1.53 bits per heavy atom. The van der Waals surface area contributed by atoms with E-state index in [4.69, 9.17) is 4.74 Å². The number of hydrogen-bond acceptors (Lipinski definition) is 3. The molecule has 1 aromatic carbocycles. The molecule has 19 heavy (non-hydrogen) atoms. The van der Waals surface area contributed by atoms with Crippen LogP contribution in [0, 0.1) is 0 Å². The third kappa shape index (κ3) is 5.03. The molecule has 0 saturated carbocycles. The molecule has 0 saturated heterocycles. The first-order chi connectivity index (χ1) is 9.08. The molecule has 5 heteroatoms. The highest BCUT2D eigenvalue weighted by Gasteiger charge is 2.15. The van der Waals surface area contributed by atoms with Gasteiger partial charge in [0.25, 0.3) is 5.91 Å². The van der Waals surface area contributed by atoms with Gasteiger partial charge in [0.15, 0.2) is 12.4 Å². The molecule has 0 aliphatic heterocycles. The highest BCUT2D eigenvalue weighted by atomic mass is 79.9. The van der Waals surface area contributed by atoms with Gasteiger partial charge in [-0.15, -0.1) is 0 Å². The van der Waals surface area contributed by atoms with Crippen molar-refractivity contribution < 1.29 is 14.3 Å². The van der Waals surface area contributed by atoms with Crippen LogP contribution < -0.4 is 10.1 Å². The molecule has 4 nitrogen and oxygen atoms in total. The zero-order chi connectivity index (χ0) is 14.3. The molecule has 0 aliphatic rings. The van der Waals surface area contributed by atoms with Crippen LogP contribution in [0.1, 0.15) is 37.0 Å². The van der Waals surface area contributed by atoms with Crippen molar-refractivity contribution in [3.8, 4) is 5.75 Å². The minimum Gasteiger partial charge on any atom is -0.480 e. The molecule has 1 atom stereocenters. The van der Waals surface area contributed by atoms with Crippen LogP contribution in [0.3, 0.4) is 0 Å². The maximum atomic E-state index is 11.8. The van der Waals surface area contributed by atoms with Crippen molar-refractivity contribution in [3.63, 3.8) is 0 Å². The number of amides is 1. The van der Waals surface area contributed by atoms with Crippen LogP contribution in [0.2, 0.25) is 0 Å². The van der Waals surface area contributed by atoms with Crippen LogP contribution in [0.25, 0.3) is 0 Å². The van der Waals surface area contributed by atoms with Crippen LogP contribution in [-0.2, 0) is 4.79 Å². The number of nitrogens with one attached hydrogen (secondary N) is 1. The highest BCUT2D eigenvalue weighted by Crippen LogP contribution is 2.22. The normalized spacial score (nSPS) is 11.7. The van der Waals surface area contributed by atoms with E-state index in [1.165, 1.54) is 0 Å². The van der Waals surface area contributed by atoms with E-state index in [0.717, 1.165) is 17.3 Å². The number of halogens is 1. The summed E-state index contributed by atoms with van der Waals surface area (Å²) in [5, 5.41) is 2.79. The number of benzene rings is 1. The fraction of sp³-hybridized carbons (Fsp3) is 0.429. The van der Waals surface area contributed by atoms with Crippen LogP contribution in [0.5, 0.6) is 5.75 Å². The first kappa shape index (κ1) is 15.7. The summed E-state index contributed by atoms with van der Waals surface area (Å²) in [6.45, 7) is 4.37. The van der Waals surface area contributed by atoms with Gasteiger partial charge in [-0.1, -0.05) is 29.3 Å². The van der Waals surface area contributed by atoms with Gasteiger partial charge >= 0.3 is 0 Å². The van der Waals surface area contributed by atoms with Crippen molar-refractivity contribution in [2.75, 3.05) is 6.54 Å². The van der Waals surface area contributed by atoms with E-state index in [9.17, 15) is 9.59 Å². The van der Waals surface area contributed by atoms with Gasteiger partial charge in [-0.05, 0) is 31.5 Å². The Morgan fingerprint density at radius 3 is 2.89 bits per heavy atom. The average Bonchev–Trinajstić information content (AvgIpc) is 2.40. The Bertz CT molecular complexity index is 448. The summed E-state index contributed by atoms with van der Waals surface area (Å²) in [5.41, 5.74) is 0.419. The van der Waals surface area contributed by atoms with E-state index in [1.54, 1.807) is 25.1 Å². The fourth-order valence-electron chi connectivity index (χ4n) is 1.49. The standard InChI is InChI=1S/C14H18BrNO3/c1-3-4-7-16-14(18)10(2)19-13-6-5-12(15)8-11(13)9-17/h5-6,8-10H,3-4,7H2,1-2H3,(H,16,18). The van der Waals surface area contributed by atoms with E-state index in [2.05, 4.69) is 28.2 Å². The Morgan fingerprint density at radius 2 is 2.26 bits per heavy atom. The Balaban J connectivity index is 2.63. The molecule has 0 bridgehead atoms. The quantitative estimate of drug-likeness (QED) is 0.618. The first-order valence-corrected chi connectivity index (χ1v) is 7.07. The maximum Gasteiger partial charge on any atom is 0.260 e. The summed E-state index contributed by atoms with van der Waals surface area (Å²) in [4.78, 5) is 22.7. The number of rotatable bonds is 7. The molecule has 0 spiro atoms. The van der Waals surface area contributed by atoms with E-state index in [-0.39, 0.29) is 5.91 Å². The minimum absolute atomic E-state index is 0.173. The van der Waals surface area contributed by atoms with Gasteiger partial charge in [0, 0.05) is 11.0 Å². The van der Waals surface area contributed by atoms with Gasteiger partial charge in [0.05, 0.1) is 5.56 Å². The lowest BCUT2D eigenvalue weighted by molar-refractivity contribution is -0.127. The van der Waals surface area contributed by atoms with Crippen molar-refractivity contribution in [2.45, 2.75) is 32.8 Å². The van der Waals surface area contributed by atoms with E-state index in [1.807, 2.05) is 0 Å². The molecule has 0 radical (unpaired) electrons. The lowest BCUT2D eigenvalue weighted by Gasteiger charge is -2.15. The lowest BCUT2D eigenvalue weighted by atomic mass is 10.2. The molecule has 0 aliphatic carbocycles. The summed E-state index contributed by atoms with van der Waals surface area (Å²) in [7, 11) is 0. The predicted molar refractivity (Wildman–Crippen MR) is 77.5 cm³/mol. The zero-order valence-corrected chi connectivity index (χ0v) is 12.7. The summed E-state index contributed by atoms with van der Waals surface area (Å²) in [6.07, 6.45) is 2.05. The van der Waals surface area contributed by atoms with Crippen LogP contribution in [0.4, 0.5) is 0 Å². The first-order valence-electron chi connectivity index (χ1n) is 6.27. The number of carbonyl (C=O) groups excluding carboxylic acids is 2. The summed E-state index contributed by atoms with van der Waals surface area (Å²) in [5.74, 6) is 0.240. The molecule has 0 heterocycles. The molecule has 1 amide bonds. The van der Waals surface area contributed by atoms with Crippen LogP contribution >= 0.6 is 15.9 Å². The minimum atomic E-state index is -0.628. The van der Waals surface area contributed by atoms with E-state index >= 15 is 0 Å². The van der Waals surface area contributed by atoms with E-state index < -0.39 is 6.10 Å². The van der Waals surface area contributed by atoms with Crippen molar-refractivity contribution in [2.24, 2.45) is 0 Å². The Labute approximate surface area is 121 Å². The Kier molecular flexibility index (Phi) is 6.56. The molecule has 1 aromatic rings. The zero-order valence-electron chi connectivity index (χ0n) is 11.1. The second kappa shape index (κ2) is 7.94. The molecule has 1 rings (SSSR count). The topological polar surface area (TPSA) is 55.4 Å². The summed E-state index contributed by atoms with van der Waals surface area (Å²) in [6, 6.07) is 5.09. The summed E-state index contributed by atoms with van der Waals surface area (Å²) >= 11 is 3.28. The maximum absolute atomic E-state index is 11.8. The van der Waals surface area contributed by atoms with Crippen molar-refractivity contribution in [3.05, 3.63) is 28.2 Å². The summed E-state index contributed by atoms with van der Waals surface area (Å²) < 4.78 is 6.31. The average molecular weight is 328 g/mol. The number of aldehydes is 1. The highest BCUT2D eigenvalue weighted by molar-refractivity contribution is 9.10. The molecule has 1 N–H and O–H groups in total. The SMILES string of the molecule is CCCCNC(=O)C(C)Oc1ccc(Br)cc1C=O. The van der Waals surface area contributed by atoms with Crippen LogP contribution in [0.15, 0.2) is 22.7 Å². The van der Waals surface area contributed by atoms with Gasteiger partial charge in [-0.3, -0.25) is 9.59 Å². The van der Waals surface area contributed by atoms with Gasteiger partial charge in [0.1, 0.15) is 5.75 Å². The number of unbranched alkanes of at least 4 members (excludes halogenated alkanes) is 1. The van der Waals surface area contributed by atoms with E-state index in [0.29, 0.717) is 24.1 Å². The van der Waals surface area contributed by atoms with Gasteiger partial charge in [-0.2, -0.15) is 0 Å². The third-order valence-corrected chi connectivity index (χ3v) is 3.09. The molecule has 1 unspecified atom stereocenters. The number of carbonyl (C=O) groups is 2. The number of hydrogen-bond donors (Lipinski definition) is 1. The molecule has 0 fully saturated rings. The molecular weight excluding hydrogens is 310 g/mol. The molecule has 0 aromatic heterocycles. The van der Waals surface area contributed by atoms with Crippen molar-refractivity contribution in [1.29, 1.82) is 0 Å². The smallest absolute Gasteiger partial charge is 0.260 e. The van der Waals surface area contributed by atoms with Gasteiger partial charge in [0.2, 0.25) is 0 Å². The van der Waals surface area contributed by atoms with Gasteiger partial charge in [-0.25, -0.2) is 0 Å². The lowest BCUT2D eigenvalue weighted by Crippen LogP contribution is -2.36. The fourth-order valence-corrected chi connectivity index (χ4v) is 1.87. The van der Waals surface area contributed by atoms with Crippen molar-refractivity contribution >= 4 is 28.1 Å². The van der Waals surface area contributed by atoms with Crippen molar-refractivity contribution in [1.82, 2.24) is 5.32 Å². The monoisotopic (exact) mass is 327 g/mol. The number of ether oxygens (including phenoxy) is 1. The largest absolute Gasteiger partial charge is 0.480 e. The van der Waals surface area contributed by atoms with Crippen LogP contribution in [-0.4, -0.2) is 24.8 Å². The van der Waals surface area contributed by atoms with Gasteiger partial charge < -0.3 is 10.1 Å². The Hall–Kier alpha value is -1.36. The third-order valence-electron chi connectivity index (χ3n) is 2.60. The second-order valence-electron chi connectivity index (χ2n) is 4.20. The second-order valence-corrected chi connectivity index (χ2v) is 5.12. The molecular formula is C14H18BrNO3. The predicted octanol–water partition coefficient (Wildman–Crippen LogP) is 2.95. The molecule has 104 valence electrons.